The molecule has 0 atom stereocenters. The van der Waals surface area contributed by atoms with Crippen LogP contribution in [-0.2, 0) is 12.5 Å². The van der Waals surface area contributed by atoms with Gasteiger partial charge in [-0.3, -0.25) is 0 Å². The van der Waals surface area contributed by atoms with Crippen LogP contribution in [0, 0.1) is 0 Å². The number of nitrogens with zero attached hydrogens (tertiary/aromatic N) is 2. The van der Waals surface area contributed by atoms with E-state index in [-0.39, 0.29) is 0 Å². The van der Waals surface area contributed by atoms with Crippen molar-refractivity contribution in [1.29, 1.82) is 0 Å². The van der Waals surface area contributed by atoms with Crippen LogP contribution in [0.4, 0.5) is 0 Å². The van der Waals surface area contributed by atoms with Gasteiger partial charge in [-0.1, -0.05) is 146 Å². The maximum absolute atomic E-state index is 5.08. The second-order valence-corrected chi connectivity index (χ2v) is 13.5. The molecule has 0 amide bonds. The smallest absolute Gasteiger partial charge is 0.140 e. The van der Waals surface area contributed by atoms with Crippen LogP contribution in [0.2, 0.25) is 0 Å². The maximum atomic E-state index is 5.08. The van der Waals surface area contributed by atoms with Gasteiger partial charge in [-0.2, -0.15) is 0 Å². The van der Waals surface area contributed by atoms with Crippen LogP contribution < -0.4 is 0 Å². The van der Waals surface area contributed by atoms with Crippen LogP contribution in [-0.4, -0.2) is 9.55 Å². The number of fused-ring (bicyclic) bond motifs is 15. The second kappa shape index (κ2) is 9.65. The normalized spacial score (nSPS) is 13.6. The van der Waals surface area contributed by atoms with Gasteiger partial charge < -0.3 is 4.57 Å². The van der Waals surface area contributed by atoms with Gasteiger partial charge in [0.1, 0.15) is 5.82 Å². The summed E-state index contributed by atoms with van der Waals surface area (Å²) >= 11 is 0. The van der Waals surface area contributed by atoms with E-state index in [9.17, 15) is 0 Å². The van der Waals surface area contributed by atoms with Crippen LogP contribution in [0.1, 0.15) is 22.3 Å². The van der Waals surface area contributed by atoms with E-state index in [2.05, 4.69) is 169 Å². The van der Waals surface area contributed by atoms with Crippen molar-refractivity contribution in [1.82, 2.24) is 9.55 Å². The van der Waals surface area contributed by atoms with Crippen molar-refractivity contribution < 1.29 is 0 Å². The van der Waals surface area contributed by atoms with Gasteiger partial charge in [-0.25, -0.2) is 4.98 Å². The molecular weight excluding hydrogens is 593 g/mol. The molecule has 0 aliphatic heterocycles. The zero-order valence-corrected chi connectivity index (χ0v) is 27.0. The molecule has 0 N–H and O–H groups in total. The zero-order valence-electron chi connectivity index (χ0n) is 27.0. The summed E-state index contributed by atoms with van der Waals surface area (Å²) in [6.45, 7) is 0. The molecule has 9 aromatic rings. The average Bonchev–Trinajstić information content (AvgIpc) is 3.78. The fourth-order valence-corrected chi connectivity index (χ4v) is 9.16. The molecule has 0 saturated carbocycles. The molecule has 2 nitrogen and oxygen atoms in total. The molecule has 1 aromatic heterocycles. The Morgan fingerprint density at radius 1 is 0.449 bits per heavy atom. The summed E-state index contributed by atoms with van der Waals surface area (Å²) in [7, 11) is 2.10. The third-order valence-corrected chi connectivity index (χ3v) is 11.2. The number of aryl methyl sites for hydroxylation is 1. The highest BCUT2D eigenvalue weighted by molar-refractivity contribution is 6.09. The fourth-order valence-electron chi connectivity index (χ4n) is 9.16. The number of aromatic nitrogens is 2. The summed E-state index contributed by atoms with van der Waals surface area (Å²) in [5.74, 6) is 0.983. The molecule has 0 bridgehead atoms. The van der Waals surface area contributed by atoms with Gasteiger partial charge in [0.25, 0.3) is 0 Å². The Labute approximate surface area is 284 Å². The molecule has 0 unspecified atom stereocenters. The third-order valence-electron chi connectivity index (χ3n) is 11.2. The highest BCUT2D eigenvalue weighted by Gasteiger charge is 2.53. The summed E-state index contributed by atoms with van der Waals surface area (Å²) in [6.07, 6.45) is 0. The first-order chi connectivity index (χ1) is 24.2. The lowest BCUT2D eigenvalue weighted by Gasteiger charge is -2.32. The van der Waals surface area contributed by atoms with E-state index in [1.54, 1.807) is 0 Å². The molecule has 1 heterocycles. The average molecular weight is 623 g/mol. The van der Waals surface area contributed by atoms with E-state index in [1.807, 2.05) is 6.07 Å². The van der Waals surface area contributed by atoms with Gasteiger partial charge in [0.2, 0.25) is 0 Å². The Balaban J connectivity index is 1.17. The van der Waals surface area contributed by atoms with Crippen molar-refractivity contribution in [2.45, 2.75) is 5.41 Å². The summed E-state index contributed by atoms with van der Waals surface area (Å²) in [6, 6.07) is 60.6. The lowest BCUT2D eigenvalue weighted by molar-refractivity contribution is 0.809. The monoisotopic (exact) mass is 622 g/mol. The lowest BCUT2D eigenvalue weighted by atomic mass is 9.68. The maximum Gasteiger partial charge on any atom is 0.140 e. The van der Waals surface area contributed by atoms with Crippen LogP contribution in [0.3, 0.4) is 0 Å². The first kappa shape index (κ1) is 26.8. The third kappa shape index (κ3) is 3.43. The van der Waals surface area contributed by atoms with E-state index in [4.69, 9.17) is 4.98 Å². The molecule has 8 aromatic carbocycles. The van der Waals surface area contributed by atoms with E-state index in [1.165, 1.54) is 77.2 Å². The minimum atomic E-state index is -0.416. The van der Waals surface area contributed by atoms with Gasteiger partial charge in [0, 0.05) is 12.6 Å². The number of rotatable bonds is 2. The largest absolute Gasteiger partial charge is 0.327 e. The first-order valence-corrected chi connectivity index (χ1v) is 17.0. The summed E-state index contributed by atoms with van der Waals surface area (Å²) < 4.78 is 2.19. The Bertz CT molecular complexity index is 2790. The highest BCUT2D eigenvalue weighted by atomic mass is 15.1. The first-order valence-electron chi connectivity index (χ1n) is 17.0. The van der Waals surface area contributed by atoms with Gasteiger partial charge >= 0.3 is 0 Å². The molecule has 0 fully saturated rings. The topological polar surface area (TPSA) is 17.8 Å². The SMILES string of the molecule is Cn1c(-c2ccccc2)nc2cc(-c3ccc4c5c(ccc4c3)-c3ccc4ccccc4c3C53c4ccccc4-c4ccccc43)ccc21. The van der Waals surface area contributed by atoms with Crippen LogP contribution in [0.25, 0.3) is 77.3 Å². The predicted octanol–water partition coefficient (Wildman–Crippen LogP) is 11.6. The Morgan fingerprint density at radius 2 is 1.04 bits per heavy atom. The van der Waals surface area contributed by atoms with Gasteiger partial charge in [-0.05, 0) is 95.4 Å². The molecule has 228 valence electrons. The van der Waals surface area contributed by atoms with Crippen molar-refractivity contribution in [3.05, 3.63) is 186 Å². The van der Waals surface area contributed by atoms with Gasteiger partial charge in [0.05, 0.1) is 16.4 Å². The minimum absolute atomic E-state index is 0.416. The van der Waals surface area contributed by atoms with Crippen molar-refractivity contribution >= 4 is 32.6 Å². The molecule has 49 heavy (non-hydrogen) atoms. The quantitative estimate of drug-likeness (QED) is 0.188. The Kier molecular flexibility index (Phi) is 5.28. The molecule has 1 spiro atoms. The summed E-state index contributed by atoms with van der Waals surface area (Å²) in [5.41, 5.74) is 16.1. The van der Waals surface area contributed by atoms with Gasteiger partial charge in [-0.15, -0.1) is 0 Å². The molecule has 2 aliphatic carbocycles. The molecular formula is C47H30N2. The number of hydrogen-bond acceptors (Lipinski definition) is 1. The fraction of sp³-hybridized carbons (Fsp3) is 0.0426. The summed E-state index contributed by atoms with van der Waals surface area (Å²) in [4.78, 5) is 5.08. The zero-order chi connectivity index (χ0) is 32.3. The van der Waals surface area contributed by atoms with E-state index >= 15 is 0 Å². The van der Waals surface area contributed by atoms with E-state index in [0.717, 1.165) is 22.4 Å². The molecule has 2 aliphatic rings. The second-order valence-electron chi connectivity index (χ2n) is 13.5. The van der Waals surface area contributed by atoms with Crippen molar-refractivity contribution in [3.63, 3.8) is 0 Å². The predicted molar refractivity (Wildman–Crippen MR) is 203 cm³/mol. The van der Waals surface area contributed by atoms with E-state index in [0.29, 0.717) is 0 Å². The summed E-state index contributed by atoms with van der Waals surface area (Å²) in [5, 5.41) is 5.16. The van der Waals surface area contributed by atoms with Crippen LogP contribution in [0.15, 0.2) is 164 Å². The van der Waals surface area contributed by atoms with E-state index < -0.39 is 5.41 Å². The number of hydrogen-bond donors (Lipinski definition) is 0. The molecule has 0 radical (unpaired) electrons. The number of imidazole rings is 1. The van der Waals surface area contributed by atoms with Crippen molar-refractivity contribution in [2.24, 2.45) is 7.05 Å². The molecule has 2 heteroatoms. The molecule has 0 saturated heterocycles. The Hall–Kier alpha value is -6.25. The van der Waals surface area contributed by atoms with Crippen molar-refractivity contribution in [2.75, 3.05) is 0 Å². The standard InChI is InChI=1S/C47H30N2/c1-49-43-26-22-32(28-42(43)48-46(49)30-12-3-2-4-13-30)31-20-23-35-33(27-31)21-25-39-38-24-19-29-11-5-6-14-34(29)44(38)47(45(35)39)40-17-9-7-15-36(40)37-16-8-10-18-41(37)47/h2-28H,1H3. The highest BCUT2D eigenvalue weighted by Crippen LogP contribution is 2.65. The van der Waals surface area contributed by atoms with Crippen LogP contribution in [0.5, 0.6) is 0 Å². The number of benzene rings is 8. The van der Waals surface area contributed by atoms with Crippen molar-refractivity contribution in [3.8, 4) is 44.8 Å². The molecule has 11 rings (SSSR count). The minimum Gasteiger partial charge on any atom is -0.327 e. The van der Waals surface area contributed by atoms with Gasteiger partial charge in [0.15, 0.2) is 0 Å². The van der Waals surface area contributed by atoms with Crippen LogP contribution >= 0.6 is 0 Å². The Morgan fingerprint density at radius 3 is 1.80 bits per heavy atom. The lowest BCUT2D eigenvalue weighted by Crippen LogP contribution is -2.26.